The van der Waals surface area contributed by atoms with Gasteiger partial charge in [-0.2, -0.15) is 5.10 Å². The molecule has 5 heteroatoms. The minimum absolute atomic E-state index is 0.0175. The minimum Gasteiger partial charge on any atom is -0.328 e. The van der Waals surface area contributed by atoms with E-state index >= 15 is 0 Å². The Morgan fingerprint density at radius 2 is 2.17 bits per heavy atom. The number of aromatic nitrogens is 2. The number of carbonyl (C=O) groups excluding carboxylic acids is 1. The molecule has 1 aliphatic heterocycles. The Kier molecular flexibility index (Phi) is 4.20. The van der Waals surface area contributed by atoms with Crippen LogP contribution in [0.5, 0.6) is 0 Å². The summed E-state index contributed by atoms with van der Waals surface area (Å²) in [5, 5.41) is 4.24. The molecule has 0 saturated carbocycles. The third-order valence-electron chi connectivity index (χ3n) is 4.42. The number of rotatable bonds is 4. The van der Waals surface area contributed by atoms with Gasteiger partial charge in [0, 0.05) is 24.4 Å². The van der Waals surface area contributed by atoms with Crippen LogP contribution in [0.4, 0.5) is 0 Å². The maximum Gasteiger partial charge on any atom is 0.240 e. The predicted octanol–water partition coefficient (Wildman–Crippen LogP) is 3.25. The van der Waals surface area contributed by atoms with Gasteiger partial charge >= 0.3 is 0 Å². The fraction of sp³-hybridized carbons (Fsp3) is 0.500. The number of benzene rings is 1. The van der Waals surface area contributed by atoms with Gasteiger partial charge in [0.2, 0.25) is 5.91 Å². The van der Waals surface area contributed by atoms with Crippen molar-refractivity contribution in [3.8, 4) is 0 Å². The molecule has 0 aliphatic carbocycles. The second kappa shape index (κ2) is 6.14. The van der Waals surface area contributed by atoms with Crippen molar-refractivity contribution in [2.75, 3.05) is 0 Å². The van der Waals surface area contributed by atoms with Gasteiger partial charge in [-0.05, 0) is 31.4 Å². The maximum atomic E-state index is 11.4. The first-order chi connectivity index (χ1) is 11.0. The average Bonchev–Trinajstić information content (AvgIpc) is 2.79. The molecule has 0 radical (unpaired) electrons. The Balaban J connectivity index is 1.96. The molecule has 23 heavy (non-hydrogen) atoms. The molecular weight excluding hydrogens is 288 g/mol. The lowest BCUT2D eigenvalue weighted by atomic mass is 9.94. The Bertz CT molecular complexity index is 773. The van der Waals surface area contributed by atoms with Crippen LogP contribution in [0.3, 0.4) is 0 Å². The molecule has 1 unspecified atom stereocenters. The molecule has 0 saturated heterocycles. The van der Waals surface area contributed by atoms with Crippen molar-refractivity contribution in [3.63, 3.8) is 0 Å². The summed E-state index contributed by atoms with van der Waals surface area (Å²) in [5.41, 5.74) is 6.72. The molecule has 1 aromatic heterocycles. The van der Waals surface area contributed by atoms with E-state index in [4.69, 9.17) is 4.98 Å². The zero-order valence-electron chi connectivity index (χ0n) is 14.3. The van der Waals surface area contributed by atoms with E-state index in [1.54, 1.807) is 0 Å². The Morgan fingerprint density at radius 3 is 2.87 bits per heavy atom. The third kappa shape index (κ3) is 3.14. The van der Waals surface area contributed by atoms with Crippen molar-refractivity contribution in [3.05, 3.63) is 29.6 Å². The average molecular weight is 312 g/mol. The maximum absolute atomic E-state index is 11.4. The molecule has 3 rings (SSSR count). The number of fused-ring (bicyclic) bond motifs is 1. The molecule has 1 aromatic carbocycles. The van der Waals surface area contributed by atoms with Gasteiger partial charge in [-0.15, -0.1) is 0 Å². The lowest BCUT2D eigenvalue weighted by molar-refractivity contribution is -0.121. The Hall–Kier alpha value is -2.17. The van der Waals surface area contributed by atoms with E-state index in [0.29, 0.717) is 12.3 Å². The molecule has 1 aliphatic rings. The monoisotopic (exact) mass is 312 g/mol. The lowest BCUT2D eigenvalue weighted by Crippen LogP contribution is -2.31. The van der Waals surface area contributed by atoms with Gasteiger partial charge in [0.05, 0.1) is 16.7 Å². The lowest BCUT2D eigenvalue weighted by Gasteiger charge is -2.19. The van der Waals surface area contributed by atoms with E-state index in [0.717, 1.165) is 35.6 Å². The van der Waals surface area contributed by atoms with E-state index in [1.165, 1.54) is 5.52 Å². The van der Waals surface area contributed by atoms with Crippen LogP contribution >= 0.6 is 0 Å². The van der Waals surface area contributed by atoms with Crippen molar-refractivity contribution in [1.82, 2.24) is 15.0 Å². The van der Waals surface area contributed by atoms with Crippen LogP contribution in [0.25, 0.3) is 11.0 Å². The molecule has 122 valence electrons. The number of hydrazone groups is 1. The van der Waals surface area contributed by atoms with E-state index in [1.807, 2.05) is 6.92 Å². The molecular formula is C18H24N4O. The van der Waals surface area contributed by atoms with E-state index in [9.17, 15) is 4.79 Å². The number of amides is 1. The standard InChI is InChI=1S/C18H24N4O/c1-11(2)7-8-22-13(4)19-15-10-14(5-6-16(15)22)18-12(3)9-17(23)20-21-18/h5-6,10-12H,7-9H2,1-4H3,(H,20,23). The number of carbonyl (C=O) groups is 1. The number of hydrogen-bond acceptors (Lipinski definition) is 3. The number of hydrogen-bond donors (Lipinski definition) is 1. The van der Waals surface area contributed by atoms with Gasteiger partial charge in [0.1, 0.15) is 5.82 Å². The van der Waals surface area contributed by atoms with E-state index < -0.39 is 0 Å². The highest BCUT2D eigenvalue weighted by Gasteiger charge is 2.22. The van der Waals surface area contributed by atoms with Crippen LogP contribution in [0.1, 0.15) is 45.0 Å². The highest BCUT2D eigenvalue weighted by molar-refractivity contribution is 6.07. The molecule has 2 heterocycles. The van der Waals surface area contributed by atoms with Crippen molar-refractivity contribution in [2.24, 2.45) is 16.9 Å². The van der Waals surface area contributed by atoms with E-state index in [-0.39, 0.29) is 11.8 Å². The highest BCUT2D eigenvalue weighted by atomic mass is 16.2. The van der Waals surface area contributed by atoms with Crippen molar-refractivity contribution < 1.29 is 4.79 Å². The molecule has 0 fully saturated rings. The first-order valence-corrected chi connectivity index (χ1v) is 8.29. The number of aryl methyl sites for hydroxylation is 2. The molecule has 0 bridgehead atoms. The number of nitrogens with zero attached hydrogens (tertiary/aromatic N) is 3. The van der Waals surface area contributed by atoms with E-state index in [2.05, 4.69) is 54.1 Å². The summed E-state index contributed by atoms with van der Waals surface area (Å²) in [6, 6.07) is 6.29. The van der Waals surface area contributed by atoms with Crippen molar-refractivity contribution in [2.45, 2.75) is 47.1 Å². The van der Waals surface area contributed by atoms with Gasteiger partial charge in [-0.3, -0.25) is 4.79 Å². The van der Waals surface area contributed by atoms with Crippen molar-refractivity contribution in [1.29, 1.82) is 0 Å². The largest absolute Gasteiger partial charge is 0.328 e. The quantitative estimate of drug-likeness (QED) is 0.942. The van der Waals surface area contributed by atoms with Crippen LogP contribution in [0.2, 0.25) is 0 Å². The first kappa shape index (κ1) is 15.7. The second-order valence-electron chi connectivity index (χ2n) is 6.83. The molecule has 2 aromatic rings. The highest BCUT2D eigenvalue weighted by Crippen LogP contribution is 2.23. The summed E-state index contributed by atoms with van der Waals surface area (Å²) in [5.74, 6) is 1.83. The SMILES string of the molecule is Cc1nc2cc(C3=NNC(=O)CC3C)ccc2n1CCC(C)C. The third-order valence-corrected chi connectivity index (χ3v) is 4.42. The summed E-state index contributed by atoms with van der Waals surface area (Å²) in [6.45, 7) is 9.56. The second-order valence-corrected chi connectivity index (χ2v) is 6.83. The van der Waals surface area contributed by atoms with Gasteiger partial charge in [-0.25, -0.2) is 10.4 Å². The summed E-state index contributed by atoms with van der Waals surface area (Å²) in [6.07, 6.45) is 1.63. The number of imidazole rings is 1. The normalized spacial score (nSPS) is 18.4. The fourth-order valence-electron chi connectivity index (χ4n) is 3.08. The molecule has 5 nitrogen and oxygen atoms in total. The summed E-state index contributed by atoms with van der Waals surface area (Å²) in [7, 11) is 0. The molecule has 1 N–H and O–H groups in total. The van der Waals surface area contributed by atoms with Gasteiger partial charge < -0.3 is 4.57 Å². The molecule has 1 amide bonds. The van der Waals surface area contributed by atoms with Crippen molar-refractivity contribution >= 4 is 22.7 Å². The molecule has 0 spiro atoms. The smallest absolute Gasteiger partial charge is 0.240 e. The zero-order chi connectivity index (χ0) is 16.6. The first-order valence-electron chi connectivity index (χ1n) is 8.29. The van der Waals surface area contributed by atoms with Crippen LogP contribution in [0.15, 0.2) is 23.3 Å². The van der Waals surface area contributed by atoms with Gasteiger partial charge in [0.25, 0.3) is 0 Å². The topological polar surface area (TPSA) is 59.3 Å². The summed E-state index contributed by atoms with van der Waals surface area (Å²) in [4.78, 5) is 16.1. The summed E-state index contributed by atoms with van der Waals surface area (Å²) < 4.78 is 2.28. The number of nitrogens with one attached hydrogen (secondary N) is 1. The van der Waals surface area contributed by atoms with Crippen LogP contribution in [-0.4, -0.2) is 21.2 Å². The fourth-order valence-corrected chi connectivity index (χ4v) is 3.08. The van der Waals surface area contributed by atoms with Crippen LogP contribution < -0.4 is 5.43 Å². The zero-order valence-corrected chi connectivity index (χ0v) is 14.3. The minimum atomic E-state index is -0.0175. The van der Waals surface area contributed by atoms with Gasteiger partial charge in [-0.1, -0.05) is 26.8 Å². The van der Waals surface area contributed by atoms with Gasteiger partial charge in [0.15, 0.2) is 0 Å². The summed E-state index contributed by atoms with van der Waals surface area (Å²) >= 11 is 0. The van der Waals surface area contributed by atoms with Crippen LogP contribution in [-0.2, 0) is 11.3 Å². The Morgan fingerprint density at radius 1 is 1.39 bits per heavy atom. The Labute approximate surface area is 136 Å². The predicted molar refractivity (Wildman–Crippen MR) is 92.4 cm³/mol. The molecule has 1 atom stereocenters. The van der Waals surface area contributed by atoms with Crippen LogP contribution in [0, 0.1) is 18.8 Å².